The number of thiophene rings is 1. The van der Waals surface area contributed by atoms with E-state index in [9.17, 15) is 4.79 Å². The highest BCUT2D eigenvalue weighted by molar-refractivity contribution is 7.16. The zero-order valence-corrected chi connectivity index (χ0v) is 18.7. The van der Waals surface area contributed by atoms with Gasteiger partial charge in [-0.2, -0.15) is 0 Å². The highest BCUT2D eigenvalue weighted by atomic mass is 32.1. The first kappa shape index (κ1) is 21.0. The molecule has 0 bridgehead atoms. The molecule has 1 amide bonds. The first-order valence-electron chi connectivity index (χ1n) is 10.2. The molecule has 2 aromatic heterocycles. The number of nitrogens with zero attached hydrogens (tertiary/aromatic N) is 1. The normalized spacial score (nSPS) is 12.0. The minimum Gasteiger partial charge on any atom is -0.493 e. The number of carbonyl (C=O) groups excluding carboxylic acids is 1. The van der Waals surface area contributed by atoms with Crippen LogP contribution in [0.15, 0.2) is 66.0 Å². The Labute approximate surface area is 186 Å². The standard InChI is InChI=1S/C25H26N2O3S/c1-17(19-7-5-4-6-8-19)27-21(16-20-12-14-31-25(20)27)24(28)26-13-11-18-9-10-22(29-2)23(15-18)30-3/h4-10,12,14-17H,11,13H2,1-3H3,(H,26,28)/t17-/m0/s1. The maximum atomic E-state index is 13.1. The monoisotopic (exact) mass is 434 g/mol. The minimum absolute atomic E-state index is 0.0592. The predicted molar refractivity (Wildman–Crippen MR) is 126 cm³/mol. The van der Waals surface area contributed by atoms with E-state index in [4.69, 9.17) is 9.47 Å². The van der Waals surface area contributed by atoms with Gasteiger partial charge in [0, 0.05) is 11.9 Å². The van der Waals surface area contributed by atoms with Crippen LogP contribution in [0, 0.1) is 0 Å². The lowest BCUT2D eigenvalue weighted by Gasteiger charge is -2.18. The Morgan fingerprint density at radius 3 is 2.55 bits per heavy atom. The Bertz CT molecular complexity index is 1180. The molecule has 4 aromatic rings. The van der Waals surface area contributed by atoms with Crippen LogP contribution in [0.4, 0.5) is 0 Å². The van der Waals surface area contributed by atoms with Crippen molar-refractivity contribution in [3.63, 3.8) is 0 Å². The van der Waals surface area contributed by atoms with Crippen LogP contribution in [0.25, 0.3) is 10.2 Å². The predicted octanol–water partition coefficient (Wildman–Crippen LogP) is 5.30. The number of amides is 1. The summed E-state index contributed by atoms with van der Waals surface area (Å²) in [6, 6.07) is 20.2. The second-order valence-corrected chi connectivity index (χ2v) is 8.26. The molecule has 0 unspecified atom stereocenters. The molecule has 0 saturated heterocycles. The van der Waals surface area contributed by atoms with Crippen molar-refractivity contribution in [2.24, 2.45) is 0 Å². The summed E-state index contributed by atoms with van der Waals surface area (Å²) in [5.41, 5.74) is 2.94. The summed E-state index contributed by atoms with van der Waals surface area (Å²) in [5.74, 6) is 1.33. The number of benzene rings is 2. The highest BCUT2D eigenvalue weighted by Crippen LogP contribution is 2.32. The topological polar surface area (TPSA) is 52.5 Å². The SMILES string of the molecule is COc1ccc(CCNC(=O)c2cc3ccsc3n2[C@@H](C)c2ccccc2)cc1OC. The van der Waals surface area contributed by atoms with Crippen LogP contribution >= 0.6 is 11.3 Å². The number of ether oxygens (including phenoxy) is 2. The molecule has 0 aliphatic heterocycles. The molecule has 0 saturated carbocycles. The Morgan fingerprint density at radius 2 is 1.81 bits per heavy atom. The van der Waals surface area contributed by atoms with E-state index in [1.54, 1.807) is 25.6 Å². The van der Waals surface area contributed by atoms with Crippen molar-refractivity contribution in [1.82, 2.24) is 9.88 Å². The zero-order chi connectivity index (χ0) is 21.8. The lowest BCUT2D eigenvalue weighted by Crippen LogP contribution is -2.28. The van der Waals surface area contributed by atoms with Crippen LogP contribution in [-0.2, 0) is 6.42 Å². The van der Waals surface area contributed by atoms with Gasteiger partial charge in [-0.3, -0.25) is 4.79 Å². The van der Waals surface area contributed by atoms with Crippen LogP contribution < -0.4 is 14.8 Å². The fourth-order valence-electron chi connectivity index (χ4n) is 3.83. The maximum absolute atomic E-state index is 13.1. The van der Waals surface area contributed by atoms with Crippen molar-refractivity contribution in [2.75, 3.05) is 20.8 Å². The van der Waals surface area contributed by atoms with E-state index < -0.39 is 0 Å². The van der Waals surface area contributed by atoms with Gasteiger partial charge in [0.15, 0.2) is 11.5 Å². The number of nitrogens with one attached hydrogen (secondary N) is 1. The number of hydrogen-bond acceptors (Lipinski definition) is 4. The molecule has 4 rings (SSSR count). The van der Waals surface area contributed by atoms with E-state index in [2.05, 4.69) is 40.4 Å². The number of carbonyl (C=O) groups is 1. The van der Waals surface area contributed by atoms with Crippen LogP contribution in [-0.4, -0.2) is 31.2 Å². The average Bonchev–Trinajstić information content (AvgIpc) is 3.40. The van der Waals surface area contributed by atoms with Crippen LogP contribution in [0.5, 0.6) is 11.5 Å². The maximum Gasteiger partial charge on any atom is 0.267 e. The largest absolute Gasteiger partial charge is 0.493 e. The van der Waals surface area contributed by atoms with Gasteiger partial charge < -0.3 is 19.4 Å². The van der Waals surface area contributed by atoms with Crippen LogP contribution in [0.3, 0.4) is 0 Å². The molecule has 2 heterocycles. The Hall–Kier alpha value is -3.25. The quantitative estimate of drug-likeness (QED) is 0.409. The molecular formula is C25H26N2O3S. The van der Waals surface area contributed by atoms with Crippen LogP contribution in [0.1, 0.15) is 34.6 Å². The summed E-state index contributed by atoms with van der Waals surface area (Å²) in [6.45, 7) is 2.67. The minimum atomic E-state index is -0.0633. The van der Waals surface area contributed by atoms with Crippen molar-refractivity contribution in [2.45, 2.75) is 19.4 Å². The van der Waals surface area contributed by atoms with Crippen LogP contribution in [0.2, 0.25) is 0 Å². The summed E-state index contributed by atoms with van der Waals surface area (Å²) in [7, 11) is 3.24. The third-order valence-electron chi connectivity index (χ3n) is 5.49. The van der Waals surface area contributed by atoms with Gasteiger partial charge in [0.2, 0.25) is 0 Å². The molecule has 0 aliphatic rings. The molecular weight excluding hydrogens is 408 g/mol. The van der Waals surface area contributed by atoms with E-state index in [1.165, 1.54) is 5.56 Å². The molecule has 5 nitrogen and oxygen atoms in total. The summed E-state index contributed by atoms with van der Waals surface area (Å²) in [5, 5.41) is 6.25. The first-order chi connectivity index (χ1) is 15.1. The lowest BCUT2D eigenvalue weighted by atomic mass is 10.1. The molecule has 0 aliphatic carbocycles. The Balaban J connectivity index is 1.51. The van der Waals surface area contributed by atoms with Gasteiger partial charge in [-0.15, -0.1) is 11.3 Å². The molecule has 0 fully saturated rings. The number of methoxy groups -OCH3 is 2. The van der Waals surface area contributed by atoms with Crippen molar-refractivity contribution < 1.29 is 14.3 Å². The molecule has 0 spiro atoms. The number of rotatable bonds is 8. The third kappa shape index (κ3) is 4.30. The fraction of sp³-hybridized carbons (Fsp3) is 0.240. The molecule has 160 valence electrons. The molecule has 1 N–H and O–H groups in total. The van der Waals surface area contributed by atoms with Gasteiger partial charge in [-0.05, 0) is 54.1 Å². The third-order valence-corrected chi connectivity index (χ3v) is 6.42. The molecule has 0 radical (unpaired) electrons. The number of hydrogen-bond donors (Lipinski definition) is 1. The van der Waals surface area contributed by atoms with Gasteiger partial charge in [0.25, 0.3) is 5.91 Å². The average molecular weight is 435 g/mol. The number of fused-ring (bicyclic) bond motifs is 1. The Kier molecular flexibility index (Phi) is 6.28. The second kappa shape index (κ2) is 9.27. The van der Waals surface area contributed by atoms with E-state index in [0.717, 1.165) is 15.8 Å². The second-order valence-electron chi connectivity index (χ2n) is 7.36. The highest BCUT2D eigenvalue weighted by Gasteiger charge is 2.21. The lowest BCUT2D eigenvalue weighted by molar-refractivity contribution is 0.0944. The van der Waals surface area contributed by atoms with E-state index in [-0.39, 0.29) is 11.9 Å². The summed E-state index contributed by atoms with van der Waals surface area (Å²) in [4.78, 5) is 14.2. The van der Waals surface area contributed by atoms with Crippen molar-refractivity contribution >= 4 is 27.5 Å². The smallest absolute Gasteiger partial charge is 0.267 e. The summed E-state index contributed by atoms with van der Waals surface area (Å²) >= 11 is 1.66. The van der Waals surface area contributed by atoms with E-state index in [1.807, 2.05) is 42.5 Å². The van der Waals surface area contributed by atoms with Gasteiger partial charge >= 0.3 is 0 Å². The molecule has 6 heteroatoms. The van der Waals surface area contributed by atoms with Gasteiger partial charge in [0.1, 0.15) is 10.5 Å². The molecule has 2 aromatic carbocycles. The van der Waals surface area contributed by atoms with Crippen molar-refractivity contribution in [3.8, 4) is 11.5 Å². The van der Waals surface area contributed by atoms with Gasteiger partial charge in [-0.1, -0.05) is 36.4 Å². The molecule has 31 heavy (non-hydrogen) atoms. The number of aromatic nitrogens is 1. The van der Waals surface area contributed by atoms with E-state index >= 15 is 0 Å². The van der Waals surface area contributed by atoms with Crippen molar-refractivity contribution in [1.29, 1.82) is 0 Å². The summed E-state index contributed by atoms with van der Waals surface area (Å²) < 4.78 is 12.8. The van der Waals surface area contributed by atoms with Gasteiger partial charge in [0.05, 0.1) is 20.3 Å². The summed E-state index contributed by atoms with van der Waals surface area (Å²) in [6.07, 6.45) is 0.704. The zero-order valence-electron chi connectivity index (χ0n) is 17.9. The first-order valence-corrected chi connectivity index (χ1v) is 11.1. The van der Waals surface area contributed by atoms with Gasteiger partial charge in [-0.25, -0.2) is 0 Å². The van der Waals surface area contributed by atoms with Crippen molar-refractivity contribution in [3.05, 3.63) is 82.9 Å². The van der Waals surface area contributed by atoms with E-state index in [0.29, 0.717) is 30.2 Å². The molecule has 1 atom stereocenters. The fourth-order valence-corrected chi connectivity index (χ4v) is 4.81. The Morgan fingerprint density at radius 1 is 1.03 bits per heavy atom.